The molecule has 2 heterocycles. The van der Waals surface area contributed by atoms with Crippen LogP contribution in [0.5, 0.6) is 0 Å². The van der Waals surface area contributed by atoms with Crippen LogP contribution in [0.25, 0.3) is 0 Å². The molecule has 148 valence electrons. The van der Waals surface area contributed by atoms with Gasteiger partial charge in [-0.05, 0) is 35.6 Å². The first-order chi connectivity index (χ1) is 13.7. The summed E-state index contributed by atoms with van der Waals surface area (Å²) in [5.41, 5.74) is 7.82. The maximum absolute atomic E-state index is 12.2. The highest BCUT2D eigenvalue weighted by atomic mass is 16.6. The van der Waals surface area contributed by atoms with Crippen molar-refractivity contribution in [2.24, 2.45) is 5.92 Å². The van der Waals surface area contributed by atoms with Gasteiger partial charge in [0.15, 0.2) is 0 Å². The molecule has 1 aliphatic heterocycles. The van der Waals surface area contributed by atoms with Crippen LogP contribution in [0.1, 0.15) is 24.0 Å². The average molecular weight is 382 g/mol. The summed E-state index contributed by atoms with van der Waals surface area (Å²) in [6.45, 7) is 2.09. The van der Waals surface area contributed by atoms with Crippen molar-refractivity contribution < 1.29 is 14.3 Å². The number of hydrogen-bond donors (Lipinski definition) is 2. The van der Waals surface area contributed by atoms with E-state index in [1.54, 1.807) is 17.3 Å². The fourth-order valence-corrected chi connectivity index (χ4v) is 3.22. The number of carbonyl (C=O) groups excluding carboxylic acids is 2. The van der Waals surface area contributed by atoms with Crippen molar-refractivity contribution in [1.29, 1.82) is 0 Å². The molecule has 7 nitrogen and oxygen atoms in total. The van der Waals surface area contributed by atoms with Gasteiger partial charge < -0.3 is 9.64 Å². The van der Waals surface area contributed by atoms with Crippen molar-refractivity contribution in [1.82, 2.24) is 20.7 Å². The smallest absolute Gasteiger partial charge is 0.409 e. The van der Waals surface area contributed by atoms with E-state index in [9.17, 15) is 9.59 Å². The molecule has 1 aliphatic rings. The Hall–Kier alpha value is -2.93. The predicted octanol–water partition coefficient (Wildman–Crippen LogP) is 2.29. The lowest BCUT2D eigenvalue weighted by Gasteiger charge is -2.16. The van der Waals surface area contributed by atoms with E-state index in [1.165, 1.54) is 0 Å². The Bertz CT molecular complexity index is 755. The van der Waals surface area contributed by atoms with Gasteiger partial charge >= 0.3 is 6.09 Å². The summed E-state index contributed by atoms with van der Waals surface area (Å²) < 4.78 is 5.37. The second kappa shape index (κ2) is 10.4. The van der Waals surface area contributed by atoms with Gasteiger partial charge in [0.05, 0.1) is 6.61 Å². The molecule has 0 saturated carbocycles. The van der Waals surface area contributed by atoms with Gasteiger partial charge in [0.1, 0.15) is 0 Å². The van der Waals surface area contributed by atoms with E-state index in [-0.39, 0.29) is 17.9 Å². The second-order valence-corrected chi connectivity index (χ2v) is 6.91. The minimum Gasteiger partial charge on any atom is -0.449 e. The Morgan fingerprint density at radius 2 is 1.89 bits per heavy atom. The van der Waals surface area contributed by atoms with Crippen LogP contribution >= 0.6 is 0 Å². The van der Waals surface area contributed by atoms with E-state index in [4.69, 9.17) is 4.74 Å². The summed E-state index contributed by atoms with van der Waals surface area (Å²) in [5.74, 6) is 0.0859. The minimum atomic E-state index is -0.297. The highest BCUT2D eigenvalue weighted by Gasteiger charge is 2.28. The van der Waals surface area contributed by atoms with Gasteiger partial charge in [0.2, 0.25) is 5.91 Å². The third-order valence-electron chi connectivity index (χ3n) is 4.75. The largest absolute Gasteiger partial charge is 0.449 e. The van der Waals surface area contributed by atoms with Crippen LogP contribution in [-0.2, 0) is 22.5 Å². The number of benzene rings is 1. The topological polar surface area (TPSA) is 83.6 Å². The van der Waals surface area contributed by atoms with E-state index in [2.05, 4.69) is 15.8 Å². The molecule has 1 unspecified atom stereocenters. The zero-order valence-electron chi connectivity index (χ0n) is 15.8. The molecular formula is C21H26N4O3. The Labute approximate surface area is 165 Å². The lowest BCUT2D eigenvalue weighted by atomic mass is 10.1. The lowest BCUT2D eigenvalue weighted by Crippen LogP contribution is -2.38. The van der Waals surface area contributed by atoms with Crippen molar-refractivity contribution >= 4 is 12.0 Å². The van der Waals surface area contributed by atoms with Gasteiger partial charge in [-0.3, -0.25) is 15.2 Å². The van der Waals surface area contributed by atoms with Gasteiger partial charge in [-0.1, -0.05) is 30.3 Å². The molecule has 2 N–H and O–H groups in total. The summed E-state index contributed by atoms with van der Waals surface area (Å²) in [7, 11) is 0. The monoisotopic (exact) mass is 382 g/mol. The first-order valence-electron chi connectivity index (χ1n) is 9.57. The second-order valence-electron chi connectivity index (χ2n) is 6.91. The number of aromatic nitrogens is 1. The van der Waals surface area contributed by atoms with Gasteiger partial charge in [0.25, 0.3) is 0 Å². The van der Waals surface area contributed by atoms with E-state index in [0.29, 0.717) is 39.1 Å². The molecule has 0 aliphatic carbocycles. The summed E-state index contributed by atoms with van der Waals surface area (Å²) in [4.78, 5) is 29.9. The van der Waals surface area contributed by atoms with Crippen molar-refractivity contribution in [3.8, 4) is 0 Å². The van der Waals surface area contributed by atoms with Gasteiger partial charge in [-0.2, -0.15) is 0 Å². The number of amides is 2. The average Bonchev–Trinajstić information content (AvgIpc) is 3.18. The number of nitrogens with zero attached hydrogens (tertiary/aromatic N) is 2. The molecule has 7 heteroatoms. The predicted molar refractivity (Wildman–Crippen MR) is 105 cm³/mol. The quantitative estimate of drug-likeness (QED) is 0.685. The molecule has 1 fully saturated rings. The van der Waals surface area contributed by atoms with Gasteiger partial charge in [-0.25, -0.2) is 10.2 Å². The molecular weight excluding hydrogens is 356 g/mol. The first kappa shape index (κ1) is 19.8. The van der Waals surface area contributed by atoms with E-state index in [1.807, 2.05) is 42.5 Å². The van der Waals surface area contributed by atoms with Crippen molar-refractivity contribution in [3.05, 3.63) is 66.0 Å². The van der Waals surface area contributed by atoms with Crippen LogP contribution in [0.2, 0.25) is 0 Å². The van der Waals surface area contributed by atoms with E-state index < -0.39 is 0 Å². The molecule has 2 aromatic rings. The van der Waals surface area contributed by atoms with E-state index in [0.717, 1.165) is 17.5 Å². The molecule has 28 heavy (non-hydrogen) atoms. The molecule has 0 spiro atoms. The fraction of sp³-hybridized carbons (Fsp3) is 0.381. The van der Waals surface area contributed by atoms with Crippen molar-refractivity contribution in [2.75, 3.05) is 19.7 Å². The summed E-state index contributed by atoms with van der Waals surface area (Å²) in [5, 5.41) is 0. The van der Waals surface area contributed by atoms with Crippen LogP contribution in [-0.4, -0.2) is 41.6 Å². The third kappa shape index (κ3) is 6.35. The third-order valence-corrected chi connectivity index (χ3v) is 4.75. The summed E-state index contributed by atoms with van der Waals surface area (Å²) in [6.07, 6.45) is 5.03. The van der Waals surface area contributed by atoms with Crippen LogP contribution in [0.4, 0.5) is 4.79 Å². The highest BCUT2D eigenvalue weighted by Crippen LogP contribution is 2.20. The molecule has 1 saturated heterocycles. The van der Waals surface area contributed by atoms with Crippen LogP contribution < -0.4 is 10.9 Å². The minimum absolute atomic E-state index is 0.0710. The molecule has 1 aromatic heterocycles. The maximum Gasteiger partial charge on any atom is 0.409 e. The number of hydrogen-bond acceptors (Lipinski definition) is 5. The number of likely N-dealkylation sites (tertiary alicyclic amines) is 1. The van der Waals surface area contributed by atoms with Crippen molar-refractivity contribution in [3.63, 3.8) is 0 Å². The number of carbonyl (C=O) groups is 2. The van der Waals surface area contributed by atoms with Crippen molar-refractivity contribution in [2.45, 2.75) is 25.8 Å². The Morgan fingerprint density at radius 3 is 2.68 bits per heavy atom. The Balaban J connectivity index is 1.30. The summed E-state index contributed by atoms with van der Waals surface area (Å²) in [6, 6.07) is 13.7. The summed E-state index contributed by atoms with van der Waals surface area (Å²) >= 11 is 0. The molecule has 2 amide bonds. The number of pyridine rings is 1. The SMILES string of the molecule is O=C(CC1CCN(C(=O)OCCc2ccccc2)C1)NNCc1ccncc1. The van der Waals surface area contributed by atoms with E-state index >= 15 is 0 Å². The number of ether oxygens (including phenoxy) is 1. The fourth-order valence-electron chi connectivity index (χ4n) is 3.22. The number of nitrogens with one attached hydrogen (secondary N) is 2. The Morgan fingerprint density at radius 1 is 1.11 bits per heavy atom. The zero-order valence-corrected chi connectivity index (χ0v) is 15.8. The molecule has 0 radical (unpaired) electrons. The van der Waals surface area contributed by atoms with Crippen LogP contribution in [0, 0.1) is 5.92 Å². The number of hydrazine groups is 1. The highest BCUT2D eigenvalue weighted by molar-refractivity contribution is 5.76. The molecule has 3 rings (SSSR count). The van der Waals surface area contributed by atoms with Crippen LogP contribution in [0.3, 0.4) is 0 Å². The molecule has 1 atom stereocenters. The standard InChI is InChI=1S/C21H26N4O3/c26-20(24-23-15-18-6-10-22-11-7-18)14-19-8-12-25(16-19)21(27)28-13-9-17-4-2-1-3-5-17/h1-7,10-11,19,23H,8-9,12-16H2,(H,24,26). The molecule has 0 bridgehead atoms. The molecule has 1 aromatic carbocycles. The zero-order chi connectivity index (χ0) is 19.6. The Kier molecular flexibility index (Phi) is 7.37. The van der Waals surface area contributed by atoms with Gasteiger partial charge in [-0.15, -0.1) is 0 Å². The number of rotatable bonds is 8. The maximum atomic E-state index is 12.2. The van der Waals surface area contributed by atoms with Crippen LogP contribution in [0.15, 0.2) is 54.9 Å². The normalized spacial score (nSPS) is 16.0. The lowest BCUT2D eigenvalue weighted by molar-refractivity contribution is -0.123. The van der Waals surface area contributed by atoms with Gasteiger partial charge in [0, 0.05) is 44.9 Å². The first-order valence-corrected chi connectivity index (χ1v) is 9.57.